The normalized spacial score (nSPS) is 11.4. The summed E-state index contributed by atoms with van der Waals surface area (Å²) in [6.07, 6.45) is 3.63. The largest absolute Gasteiger partial charge is 0.492 e. The first-order valence-electron chi connectivity index (χ1n) is 9.44. The van der Waals surface area contributed by atoms with Crippen molar-refractivity contribution in [3.05, 3.63) is 66.3 Å². The molecule has 0 fully saturated rings. The van der Waals surface area contributed by atoms with Crippen LogP contribution in [0.25, 0.3) is 33.2 Å². The van der Waals surface area contributed by atoms with E-state index in [1.165, 1.54) is 0 Å². The van der Waals surface area contributed by atoms with Gasteiger partial charge in [0.15, 0.2) is 0 Å². The Kier molecular flexibility index (Phi) is 5.37. The average molecular weight is 420 g/mol. The molecule has 7 heteroatoms. The van der Waals surface area contributed by atoms with Gasteiger partial charge in [-0.15, -0.1) is 11.3 Å². The maximum Gasteiger partial charge on any atom is 0.312 e. The number of H-pyrrole nitrogens is 1. The molecule has 6 nitrogen and oxygen atoms in total. The van der Waals surface area contributed by atoms with Gasteiger partial charge in [-0.1, -0.05) is 6.07 Å². The van der Waals surface area contributed by atoms with Gasteiger partial charge in [0, 0.05) is 17.3 Å². The molecular formula is C23H21N3O3S. The summed E-state index contributed by atoms with van der Waals surface area (Å²) < 4.78 is 5.62. The zero-order valence-corrected chi connectivity index (χ0v) is 17.4. The quantitative estimate of drug-likeness (QED) is 0.421. The molecule has 30 heavy (non-hydrogen) atoms. The van der Waals surface area contributed by atoms with Gasteiger partial charge in [0.2, 0.25) is 0 Å². The predicted octanol–water partition coefficient (Wildman–Crippen LogP) is 5.36. The number of thiophene rings is 1. The smallest absolute Gasteiger partial charge is 0.312 e. The summed E-state index contributed by atoms with van der Waals surface area (Å²) in [5, 5.41) is 11.2. The van der Waals surface area contributed by atoms with Crippen molar-refractivity contribution in [2.45, 2.75) is 13.8 Å². The molecule has 0 aliphatic heterocycles. The van der Waals surface area contributed by atoms with E-state index in [9.17, 15) is 9.90 Å². The maximum atomic E-state index is 11.2. The van der Waals surface area contributed by atoms with Gasteiger partial charge in [0.25, 0.3) is 0 Å². The zero-order chi connectivity index (χ0) is 21.1. The molecule has 3 heterocycles. The lowest BCUT2D eigenvalue weighted by molar-refractivity contribution is -0.148. The van der Waals surface area contributed by atoms with Gasteiger partial charge >= 0.3 is 5.97 Å². The highest BCUT2D eigenvalue weighted by Crippen LogP contribution is 2.27. The highest BCUT2D eigenvalue weighted by Gasteiger charge is 2.28. The Bertz CT molecular complexity index is 1130. The number of aromatic nitrogens is 3. The fourth-order valence-electron chi connectivity index (χ4n) is 2.78. The first-order valence-corrected chi connectivity index (χ1v) is 10.3. The van der Waals surface area contributed by atoms with Gasteiger partial charge in [0.1, 0.15) is 18.2 Å². The number of carboxylic acids is 1. The third kappa shape index (κ3) is 4.26. The van der Waals surface area contributed by atoms with E-state index in [-0.39, 0.29) is 6.61 Å². The summed E-state index contributed by atoms with van der Waals surface area (Å²) in [5.74, 6) is 0.520. The summed E-state index contributed by atoms with van der Waals surface area (Å²) in [6.45, 7) is 3.38. The van der Waals surface area contributed by atoms with Crippen LogP contribution in [0.3, 0.4) is 0 Å². The number of hydrogen-bond acceptors (Lipinski definition) is 5. The number of nitrogens with zero attached hydrogens (tertiary/aromatic N) is 2. The minimum absolute atomic E-state index is 0.102. The molecule has 0 unspecified atom stereocenters. The number of imidazole rings is 1. The van der Waals surface area contributed by atoms with Crippen molar-refractivity contribution in [3.8, 4) is 39.0 Å². The second kappa shape index (κ2) is 8.12. The number of hydrogen-bond donors (Lipinski definition) is 2. The van der Waals surface area contributed by atoms with Gasteiger partial charge in [-0.05, 0) is 61.7 Å². The SMILES string of the molecule is CC(C)(COc1ccc(-c2ccc(-c3ncc(-c4cccs4)[nH]3)cn2)cc1)C(=O)O. The van der Waals surface area contributed by atoms with Crippen LogP contribution in [0.15, 0.2) is 66.3 Å². The molecule has 0 radical (unpaired) electrons. The van der Waals surface area contributed by atoms with Crippen LogP contribution in [0.4, 0.5) is 0 Å². The number of nitrogens with one attached hydrogen (secondary N) is 1. The Balaban J connectivity index is 1.45. The van der Waals surface area contributed by atoms with Crippen LogP contribution in [0.1, 0.15) is 13.8 Å². The van der Waals surface area contributed by atoms with Gasteiger partial charge in [0.05, 0.1) is 27.9 Å². The lowest BCUT2D eigenvalue weighted by atomic mass is 9.95. The number of rotatable bonds is 7. The molecular weight excluding hydrogens is 398 g/mol. The summed E-state index contributed by atoms with van der Waals surface area (Å²) in [5.41, 5.74) is 2.75. The van der Waals surface area contributed by atoms with E-state index in [1.54, 1.807) is 31.4 Å². The fourth-order valence-corrected chi connectivity index (χ4v) is 3.47. The van der Waals surface area contributed by atoms with Gasteiger partial charge in [-0.3, -0.25) is 9.78 Å². The standard InChI is InChI=1S/C23H21N3O3S/c1-23(2,22(27)28)14-29-17-8-5-15(6-9-17)18-10-7-16(12-24-18)21-25-13-19(26-21)20-4-3-11-30-20/h3-13H,14H2,1-2H3,(H,25,26)(H,27,28). The second-order valence-electron chi connectivity index (χ2n) is 7.56. The number of benzene rings is 1. The topological polar surface area (TPSA) is 88.1 Å². The van der Waals surface area contributed by atoms with Crippen molar-refractivity contribution in [1.29, 1.82) is 0 Å². The van der Waals surface area contributed by atoms with Crippen molar-refractivity contribution in [2.75, 3.05) is 6.61 Å². The van der Waals surface area contributed by atoms with E-state index in [0.29, 0.717) is 5.75 Å². The molecule has 4 rings (SSSR count). The monoisotopic (exact) mass is 419 g/mol. The van der Waals surface area contributed by atoms with Crippen LogP contribution >= 0.6 is 11.3 Å². The molecule has 4 aromatic rings. The van der Waals surface area contributed by atoms with E-state index >= 15 is 0 Å². The Morgan fingerprint density at radius 2 is 1.83 bits per heavy atom. The number of pyridine rings is 1. The summed E-state index contributed by atoms with van der Waals surface area (Å²) >= 11 is 1.67. The number of aliphatic carboxylic acids is 1. The average Bonchev–Trinajstić information content (AvgIpc) is 3.45. The molecule has 0 aliphatic carbocycles. The molecule has 0 saturated heterocycles. The minimum atomic E-state index is -0.939. The number of carboxylic acid groups (broad SMARTS) is 1. The second-order valence-corrected chi connectivity index (χ2v) is 8.50. The van der Waals surface area contributed by atoms with Crippen molar-refractivity contribution >= 4 is 17.3 Å². The Labute approximate surface area is 178 Å². The fraction of sp³-hybridized carbons (Fsp3) is 0.174. The van der Waals surface area contributed by atoms with E-state index in [4.69, 9.17) is 4.74 Å². The molecule has 0 spiro atoms. The Morgan fingerprint density at radius 1 is 1.07 bits per heavy atom. The summed E-state index contributed by atoms with van der Waals surface area (Å²) in [6, 6.07) is 15.5. The third-order valence-corrected chi connectivity index (χ3v) is 5.63. The molecule has 0 atom stereocenters. The van der Waals surface area contributed by atoms with Crippen molar-refractivity contribution in [1.82, 2.24) is 15.0 Å². The summed E-state index contributed by atoms with van der Waals surface area (Å²) in [7, 11) is 0. The molecule has 3 aromatic heterocycles. The van der Waals surface area contributed by atoms with Gasteiger partial charge in [-0.2, -0.15) is 0 Å². The lowest BCUT2D eigenvalue weighted by Crippen LogP contribution is -2.30. The van der Waals surface area contributed by atoms with E-state index < -0.39 is 11.4 Å². The number of aromatic amines is 1. The predicted molar refractivity (Wildman–Crippen MR) is 117 cm³/mol. The molecule has 152 valence electrons. The van der Waals surface area contributed by atoms with Crippen LogP contribution in [-0.4, -0.2) is 32.6 Å². The highest BCUT2D eigenvalue weighted by atomic mass is 32.1. The molecule has 0 bridgehead atoms. The van der Waals surface area contributed by atoms with E-state index in [0.717, 1.165) is 33.2 Å². The minimum Gasteiger partial charge on any atom is -0.492 e. The van der Waals surface area contributed by atoms with Crippen LogP contribution < -0.4 is 4.74 Å². The molecule has 0 amide bonds. The van der Waals surface area contributed by atoms with Crippen molar-refractivity contribution in [2.24, 2.45) is 5.41 Å². The van der Waals surface area contributed by atoms with Crippen LogP contribution in [0, 0.1) is 5.41 Å². The van der Waals surface area contributed by atoms with E-state index in [1.807, 2.05) is 54.0 Å². The van der Waals surface area contributed by atoms with Crippen molar-refractivity contribution < 1.29 is 14.6 Å². The van der Waals surface area contributed by atoms with Crippen LogP contribution in [-0.2, 0) is 4.79 Å². The zero-order valence-electron chi connectivity index (χ0n) is 16.6. The number of carbonyl (C=O) groups is 1. The first-order chi connectivity index (χ1) is 14.4. The third-order valence-electron chi connectivity index (χ3n) is 4.73. The Hall–Kier alpha value is -3.45. The van der Waals surface area contributed by atoms with Gasteiger partial charge in [-0.25, -0.2) is 4.98 Å². The highest BCUT2D eigenvalue weighted by molar-refractivity contribution is 7.13. The maximum absolute atomic E-state index is 11.2. The van der Waals surface area contributed by atoms with E-state index in [2.05, 4.69) is 21.0 Å². The lowest BCUT2D eigenvalue weighted by Gasteiger charge is -2.19. The molecule has 1 aromatic carbocycles. The Morgan fingerprint density at radius 3 is 2.47 bits per heavy atom. The molecule has 2 N–H and O–H groups in total. The number of ether oxygens (including phenoxy) is 1. The van der Waals surface area contributed by atoms with Crippen LogP contribution in [0.5, 0.6) is 5.75 Å². The summed E-state index contributed by atoms with van der Waals surface area (Å²) in [4.78, 5) is 24.7. The molecule has 0 saturated carbocycles. The first kappa shape index (κ1) is 19.8. The van der Waals surface area contributed by atoms with Crippen LogP contribution in [0.2, 0.25) is 0 Å². The van der Waals surface area contributed by atoms with Gasteiger partial charge < -0.3 is 14.8 Å². The van der Waals surface area contributed by atoms with Crippen molar-refractivity contribution in [3.63, 3.8) is 0 Å². The molecule has 0 aliphatic rings.